The van der Waals surface area contributed by atoms with Gasteiger partial charge in [0.2, 0.25) is 0 Å². The molecule has 2 nitrogen and oxygen atoms in total. The van der Waals surface area contributed by atoms with Crippen LogP contribution in [-0.2, 0) is 0 Å². The zero-order valence-electron chi connectivity index (χ0n) is 8.16. The number of aliphatic hydroxyl groups is 1. The maximum Gasteiger partial charge on any atom is 0.0658 e. The smallest absolute Gasteiger partial charge is 0.0658 e. The van der Waals surface area contributed by atoms with Crippen LogP contribution in [0.4, 0.5) is 0 Å². The molecule has 2 aliphatic rings. The summed E-state index contributed by atoms with van der Waals surface area (Å²) in [6.45, 7) is 2.19. The van der Waals surface area contributed by atoms with Crippen molar-refractivity contribution in [3.63, 3.8) is 0 Å². The van der Waals surface area contributed by atoms with Crippen molar-refractivity contribution in [1.29, 1.82) is 5.26 Å². The molecule has 1 N–H and O–H groups in total. The van der Waals surface area contributed by atoms with Crippen LogP contribution in [0.5, 0.6) is 0 Å². The standard InChI is InChI=1S/C11H17NO/c1-8-4-10-6-11(13,5-8)3-2-9(10)7-12/h8-10,13H,2-6H2,1H3. The Bertz CT molecular complexity index is 245. The molecule has 0 saturated heterocycles. The van der Waals surface area contributed by atoms with Crippen LogP contribution in [-0.4, -0.2) is 10.7 Å². The van der Waals surface area contributed by atoms with Gasteiger partial charge < -0.3 is 5.11 Å². The summed E-state index contributed by atoms with van der Waals surface area (Å²) in [5, 5.41) is 19.1. The Hall–Kier alpha value is -0.550. The van der Waals surface area contributed by atoms with E-state index in [2.05, 4.69) is 13.0 Å². The van der Waals surface area contributed by atoms with E-state index < -0.39 is 5.60 Å². The second-order valence-electron chi connectivity index (χ2n) is 5.01. The van der Waals surface area contributed by atoms with E-state index in [1.54, 1.807) is 0 Å². The summed E-state index contributed by atoms with van der Waals surface area (Å²) in [4.78, 5) is 0. The van der Waals surface area contributed by atoms with E-state index >= 15 is 0 Å². The summed E-state index contributed by atoms with van der Waals surface area (Å²) in [6.07, 6.45) is 4.70. The molecule has 2 heteroatoms. The second-order valence-corrected chi connectivity index (χ2v) is 5.01. The van der Waals surface area contributed by atoms with E-state index in [0.717, 1.165) is 32.1 Å². The fraction of sp³-hybridized carbons (Fsp3) is 0.909. The maximum absolute atomic E-state index is 10.2. The summed E-state index contributed by atoms with van der Waals surface area (Å²) in [7, 11) is 0. The van der Waals surface area contributed by atoms with Crippen LogP contribution in [0, 0.1) is 29.1 Å². The van der Waals surface area contributed by atoms with Gasteiger partial charge in [-0.15, -0.1) is 0 Å². The van der Waals surface area contributed by atoms with Crippen molar-refractivity contribution in [1.82, 2.24) is 0 Å². The molecule has 0 aromatic heterocycles. The molecule has 0 heterocycles. The van der Waals surface area contributed by atoms with E-state index in [1.807, 2.05) is 0 Å². The van der Waals surface area contributed by atoms with Gasteiger partial charge >= 0.3 is 0 Å². The summed E-state index contributed by atoms with van der Waals surface area (Å²) in [6, 6.07) is 2.39. The molecule has 0 spiro atoms. The first kappa shape index (κ1) is 9.02. The van der Waals surface area contributed by atoms with Gasteiger partial charge in [-0.3, -0.25) is 0 Å². The highest BCUT2D eigenvalue weighted by atomic mass is 16.3. The second kappa shape index (κ2) is 2.99. The van der Waals surface area contributed by atoms with Crippen molar-refractivity contribution in [2.24, 2.45) is 17.8 Å². The molecule has 0 aromatic rings. The van der Waals surface area contributed by atoms with Gasteiger partial charge in [0.05, 0.1) is 11.7 Å². The summed E-state index contributed by atoms with van der Waals surface area (Å²) < 4.78 is 0. The lowest BCUT2D eigenvalue weighted by Crippen LogP contribution is -2.44. The molecule has 0 aromatic carbocycles. The Labute approximate surface area is 79.6 Å². The monoisotopic (exact) mass is 179 g/mol. The van der Waals surface area contributed by atoms with E-state index in [4.69, 9.17) is 5.26 Å². The van der Waals surface area contributed by atoms with Gasteiger partial charge in [0.1, 0.15) is 0 Å². The molecule has 4 atom stereocenters. The van der Waals surface area contributed by atoms with Crippen LogP contribution >= 0.6 is 0 Å². The first-order valence-electron chi connectivity index (χ1n) is 5.25. The summed E-state index contributed by atoms with van der Waals surface area (Å²) >= 11 is 0. The average Bonchev–Trinajstić information content (AvgIpc) is 2.02. The first-order chi connectivity index (χ1) is 6.13. The quantitative estimate of drug-likeness (QED) is 0.618. The fourth-order valence-electron chi connectivity index (χ4n) is 3.24. The summed E-state index contributed by atoms with van der Waals surface area (Å²) in [5.74, 6) is 1.27. The molecule has 2 fully saturated rings. The van der Waals surface area contributed by atoms with Gasteiger partial charge in [0, 0.05) is 5.92 Å². The molecule has 2 aliphatic carbocycles. The Morgan fingerprint density at radius 3 is 2.92 bits per heavy atom. The zero-order chi connectivity index (χ0) is 9.47. The Morgan fingerprint density at radius 2 is 2.23 bits per heavy atom. The summed E-state index contributed by atoms with van der Waals surface area (Å²) in [5.41, 5.74) is -0.421. The molecule has 0 amide bonds. The van der Waals surface area contributed by atoms with Gasteiger partial charge in [-0.25, -0.2) is 0 Å². The topological polar surface area (TPSA) is 44.0 Å². The number of rotatable bonds is 0. The highest BCUT2D eigenvalue weighted by Gasteiger charge is 2.44. The third kappa shape index (κ3) is 1.58. The Kier molecular flexibility index (Phi) is 2.08. The van der Waals surface area contributed by atoms with Gasteiger partial charge in [-0.2, -0.15) is 5.26 Å². The predicted octanol–water partition coefficient (Wildman–Crippen LogP) is 2.09. The van der Waals surface area contributed by atoms with Gasteiger partial charge in [-0.05, 0) is 43.9 Å². The number of nitrogens with zero attached hydrogens (tertiary/aromatic N) is 1. The third-order valence-electron chi connectivity index (χ3n) is 3.73. The largest absolute Gasteiger partial charge is 0.390 e. The molecule has 13 heavy (non-hydrogen) atoms. The van der Waals surface area contributed by atoms with Crippen molar-refractivity contribution in [2.45, 2.75) is 44.6 Å². The van der Waals surface area contributed by atoms with E-state index in [1.165, 1.54) is 0 Å². The Balaban J connectivity index is 2.14. The Morgan fingerprint density at radius 1 is 1.46 bits per heavy atom. The molecule has 0 aliphatic heterocycles. The number of fused-ring (bicyclic) bond motifs is 2. The highest BCUT2D eigenvalue weighted by molar-refractivity contribution is 5.01. The van der Waals surface area contributed by atoms with Crippen molar-refractivity contribution in [3.8, 4) is 6.07 Å². The van der Waals surface area contributed by atoms with E-state index in [9.17, 15) is 5.11 Å². The van der Waals surface area contributed by atoms with Crippen molar-refractivity contribution in [3.05, 3.63) is 0 Å². The minimum atomic E-state index is -0.421. The first-order valence-corrected chi connectivity index (χ1v) is 5.25. The van der Waals surface area contributed by atoms with Crippen LogP contribution in [0.3, 0.4) is 0 Å². The third-order valence-corrected chi connectivity index (χ3v) is 3.73. The molecular weight excluding hydrogens is 162 g/mol. The zero-order valence-corrected chi connectivity index (χ0v) is 8.16. The minimum Gasteiger partial charge on any atom is -0.390 e. The minimum absolute atomic E-state index is 0.211. The molecule has 2 bridgehead atoms. The number of nitriles is 1. The predicted molar refractivity (Wildman–Crippen MR) is 49.8 cm³/mol. The molecular formula is C11H17NO. The van der Waals surface area contributed by atoms with E-state index in [0.29, 0.717) is 11.8 Å². The lowest BCUT2D eigenvalue weighted by molar-refractivity contribution is -0.0750. The lowest BCUT2D eigenvalue weighted by atomic mass is 9.62. The van der Waals surface area contributed by atoms with Crippen LogP contribution in [0.15, 0.2) is 0 Å². The van der Waals surface area contributed by atoms with Gasteiger partial charge in [0.25, 0.3) is 0 Å². The molecule has 0 radical (unpaired) electrons. The van der Waals surface area contributed by atoms with Crippen molar-refractivity contribution < 1.29 is 5.11 Å². The van der Waals surface area contributed by atoms with Crippen LogP contribution < -0.4 is 0 Å². The van der Waals surface area contributed by atoms with Crippen LogP contribution in [0.25, 0.3) is 0 Å². The molecule has 2 rings (SSSR count). The van der Waals surface area contributed by atoms with Crippen LogP contribution in [0.2, 0.25) is 0 Å². The highest BCUT2D eigenvalue weighted by Crippen LogP contribution is 2.47. The van der Waals surface area contributed by atoms with Crippen LogP contribution in [0.1, 0.15) is 39.0 Å². The fourth-order valence-corrected chi connectivity index (χ4v) is 3.24. The molecule has 4 unspecified atom stereocenters. The normalized spacial score (nSPS) is 49.8. The maximum atomic E-state index is 10.2. The number of hydrogen-bond donors (Lipinski definition) is 1. The number of hydrogen-bond acceptors (Lipinski definition) is 2. The van der Waals surface area contributed by atoms with Gasteiger partial charge in [0.15, 0.2) is 0 Å². The SMILES string of the molecule is CC1CC2CC(O)(CCC2C#N)C1. The van der Waals surface area contributed by atoms with Crippen molar-refractivity contribution >= 4 is 0 Å². The van der Waals surface area contributed by atoms with E-state index in [-0.39, 0.29) is 5.92 Å². The molecule has 72 valence electrons. The molecule has 2 saturated carbocycles. The average molecular weight is 179 g/mol. The van der Waals surface area contributed by atoms with Gasteiger partial charge in [-0.1, -0.05) is 6.92 Å². The lowest BCUT2D eigenvalue weighted by Gasteiger charge is -2.46. The van der Waals surface area contributed by atoms with Crippen molar-refractivity contribution in [2.75, 3.05) is 0 Å².